The quantitative estimate of drug-likeness (QED) is 0.409. The molecule has 0 rings (SSSR count). The summed E-state index contributed by atoms with van der Waals surface area (Å²) in [4.78, 5) is 0. The summed E-state index contributed by atoms with van der Waals surface area (Å²) in [5.41, 5.74) is 0. The molecule has 0 unspecified atom stereocenters. The van der Waals surface area contributed by atoms with Crippen molar-refractivity contribution in [3.05, 3.63) is 6.61 Å². The van der Waals surface area contributed by atoms with Gasteiger partial charge in [-0.05, 0) is 12.8 Å². The number of ether oxygens (including phenoxy) is 1. The first-order chi connectivity index (χ1) is 7.41. The van der Waals surface area contributed by atoms with Gasteiger partial charge in [-0.15, -0.1) is 0 Å². The number of rotatable bonds is 12. The van der Waals surface area contributed by atoms with Gasteiger partial charge in [0.05, 0.1) is 6.61 Å². The van der Waals surface area contributed by atoms with Crippen LogP contribution in [0.4, 0.5) is 0 Å². The van der Waals surface area contributed by atoms with E-state index in [0.29, 0.717) is 0 Å². The van der Waals surface area contributed by atoms with E-state index < -0.39 is 0 Å². The lowest BCUT2D eigenvalue weighted by Gasteiger charge is -2.03. The van der Waals surface area contributed by atoms with E-state index in [1.54, 1.807) is 0 Å². The summed E-state index contributed by atoms with van der Waals surface area (Å²) in [7, 11) is 0. The van der Waals surface area contributed by atoms with Crippen molar-refractivity contribution in [2.45, 2.75) is 78.1 Å². The molecule has 0 heterocycles. The molecule has 0 saturated carbocycles. The van der Waals surface area contributed by atoms with Gasteiger partial charge >= 0.3 is 0 Å². The zero-order valence-corrected chi connectivity index (χ0v) is 10.8. The Kier molecular flexibility index (Phi) is 13.9. The Balaban J connectivity index is 2.81. The van der Waals surface area contributed by atoms with Gasteiger partial charge in [0, 0.05) is 6.61 Å². The second-order valence-corrected chi connectivity index (χ2v) is 4.30. The average Bonchev–Trinajstić information content (AvgIpc) is 2.26. The van der Waals surface area contributed by atoms with Crippen LogP contribution in [0.15, 0.2) is 0 Å². The van der Waals surface area contributed by atoms with Crippen molar-refractivity contribution in [1.29, 1.82) is 0 Å². The van der Waals surface area contributed by atoms with Crippen molar-refractivity contribution in [2.75, 3.05) is 6.61 Å². The van der Waals surface area contributed by atoms with Gasteiger partial charge in [-0.2, -0.15) is 0 Å². The van der Waals surface area contributed by atoms with E-state index in [9.17, 15) is 0 Å². The normalized spacial score (nSPS) is 10.8. The van der Waals surface area contributed by atoms with Crippen LogP contribution in [0, 0.1) is 6.61 Å². The lowest BCUT2D eigenvalue weighted by atomic mass is 10.1. The molecule has 0 amide bonds. The molecule has 91 valence electrons. The Bertz CT molecular complexity index is 89.5. The Morgan fingerprint density at radius 2 is 1.33 bits per heavy atom. The number of unbranched alkanes of at least 4 members (excludes halogenated alkanes) is 8. The maximum absolute atomic E-state index is 5.44. The summed E-state index contributed by atoms with van der Waals surface area (Å²) in [5, 5.41) is 0. The molecule has 0 N–H and O–H groups in total. The molecule has 0 fully saturated rings. The predicted molar refractivity (Wildman–Crippen MR) is 67.8 cm³/mol. The van der Waals surface area contributed by atoms with Crippen molar-refractivity contribution in [1.82, 2.24) is 0 Å². The third-order valence-electron chi connectivity index (χ3n) is 2.66. The van der Waals surface area contributed by atoms with Gasteiger partial charge in [0.25, 0.3) is 0 Å². The summed E-state index contributed by atoms with van der Waals surface area (Å²) in [6.07, 6.45) is 13.1. The van der Waals surface area contributed by atoms with Crippen molar-refractivity contribution >= 4 is 0 Å². The number of hydrogen-bond donors (Lipinski definition) is 0. The van der Waals surface area contributed by atoms with E-state index in [-0.39, 0.29) is 0 Å². The second kappa shape index (κ2) is 14.0. The van der Waals surface area contributed by atoms with Crippen LogP contribution < -0.4 is 0 Å². The monoisotopic (exact) mass is 213 g/mol. The average molecular weight is 213 g/mol. The van der Waals surface area contributed by atoms with Crippen LogP contribution >= 0.6 is 0 Å². The van der Waals surface area contributed by atoms with Crippen LogP contribution in [0.3, 0.4) is 0 Å². The van der Waals surface area contributed by atoms with E-state index in [1.165, 1.54) is 57.8 Å². The SMILES string of the molecule is CCCCCCCC[CH]OCCCCC. The molecule has 0 spiro atoms. The van der Waals surface area contributed by atoms with Gasteiger partial charge in [-0.25, -0.2) is 0 Å². The third kappa shape index (κ3) is 14.0. The van der Waals surface area contributed by atoms with Gasteiger partial charge in [-0.3, -0.25) is 0 Å². The summed E-state index contributed by atoms with van der Waals surface area (Å²) >= 11 is 0. The Hall–Kier alpha value is -0.0400. The molecule has 15 heavy (non-hydrogen) atoms. The molecule has 1 nitrogen and oxygen atoms in total. The molecule has 0 bridgehead atoms. The van der Waals surface area contributed by atoms with Crippen molar-refractivity contribution < 1.29 is 4.74 Å². The Morgan fingerprint density at radius 1 is 0.733 bits per heavy atom. The second-order valence-electron chi connectivity index (χ2n) is 4.30. The highest BCUT2D eigenvalue weighted by molar-refractivity contribution is 4.52. The largest absolute Gasteiger partial charge is 0.376 e. The molecule has 0 aromatic heterocycles. The third-order valence-corrected chi connectivity index (χ3v) is 2.66. The summed E-state index contributed by atoms with van der Waals surface area (Å²) in [5.74, 6) is 0. The minimum Gasteiger partial charge on any atom is -0.376 e. The first-order valence-corrected chi connectivity index (χ1v) is 6.85. The van der Waals surface area contributed by atoms with Crippen LogP contribution in [-0.2, 0) is 4.74 Å². The molecule has 0 saturated heterocycles. The minimum atomic E-state index is 0.920. The van der Waals surface area contributed by atoms with Crippen LogP contribution in [0.25, 0.3) is 0 Å². The standard InChI is InChI=1S/C14H29O/c1-3-5-7-8-9-10-12-14-15-13-11-6-4-2/h14H,3-13H2,1-2H3. The highest BCUT2D eigenvalue weighted by Crippen LogP contribution is 2.08. The highest BCUT2D eigenvalue weighted by Gasteiger charge is 1.92. The highest BCUT2D eigenvalue weighted by atomic mass is 16.5. The van der Waals surface area contributed by atoms with Crippen LogP contribution in [-0.4, -0.2) is 6.61 Å². The maximum Gasteiger partial charge on any atom is 0.0836 e. The molecule has 0 aliphatic rings. The maximum atomic E-state index is 5.44. The van der Waals surface area contributed by atoms with Gasteiger partial charge in [0.2, 0.25) is 0 Å². The van der Waals surface area contributed by atoms with E-state index in [4.69, 9.17) is 4.74 Å². The lowest BCUT2D eigenvalue weighted by molar-refractivity contribution is 0.184. The van der Waals surface area contributed by atoms with Gasteiger partial charge in [0.1, 0.15) is 0 Å². The molecule has 0 aromatic carbocycles. The van der Waals surface area contributed by atoms with Gasteiger partial charge < -0.3 is 4.74 Å². The minimum absolute atomic E-state index is 0.920. The topological polar surface area (TPSA) is 9.23 Å². The predicted octanol–water partition coefficient (Wildman–Crippen LogP) is 5.11. The van der Waals surface area contributed by atoms with Crippen LogP contribution in [0.1, 0.15) is 78.1 Å². The molecule has 0 aromatic rings. The van der Waals surface area contributed by atoms with Gasteiger partial charge in [0.15, 0.2) is 0 Å². The molecule has 1 heteroatoms. The summed E-state index contributed by atoms with van der Waals surface area (Å²) in [6, 6.07) is 0. The van der Waals surface area contributed by atoms with Crippen molar-refractivity contribution in [2.24, 2.45) is 0 Å². The van der Waals surface area contributed by atoms with Crippen LogP contribution in [0.5, 0.6) is 0 Å². The zero-order chi connectivity index (χ0) is 11.2. The van der Waals surface area contributed by atoms with E-state index in [1.807, 2.05) is 6.61 Å². The van der Waals surface area contributed by atoms with Crippen molar-refractivity contribution in [3.63, 3.8) is 0 Å². The Morgan fingerprint density at radius 3 is 2.07 bits per heavy atom. The summed E-state index contributed by atoms with van der Waals surface area (Å²) < 4.78 is 5.44. The lowest BCUT2D eigenvalue weighted by Crippen LogP contribution is -1.91. The molecule has 1 radical (unpaired) electrons. The van der Waals surface area contributed by atoms with E-state index >= 15 is 0 Å². The van der Waals surface area contributed by atoms with E-state index in [0.717, 1.165) is 13.0 Å². The first kappa shape index (κ1) is 15.0. The summed E-state index contributed by atoms with van der Waals surface area (Å²) in [6.45, 7) is 7.41. The van der Waals surface area contributed by atoms with Crippen molar-refractivity contribution in [3.8, 4) is 0 Å². The number of hydrogen-bond acceptors (Lipinski definition) is 1. The molecular formula is C14H29O. The Labute approximate surface area is 96.6 Å². The smallest absolute Gasteiger partial charge is 0.0836 e. The fourth-order valence-electron chi connectivity index (χ4n) is 1.61. The zero-order valence-electron chi connectivity index (χ0n) is 10.8. The molecule has 0 aliphatic carbocycles. The molecular weight excluding hydrogens is 184 g/mol. The molecule has 0 aliphatic heterocycles. The fraction of sp³-hybridized carbons (Fsp3) is 0.929. The van der Waals surface area contributed by atoms with Gasteiger partial charge in [-0.1, -0.05) is 65.2 Å². The van der Waals surface area contributed by atoms with Crippen LogP contribution in [0.2, 0.25) is 0 Å². The van der Waals surface area contributed by atoms with E-state index in [2.05, 4.69) is 13.8 Å². The fourth-order valence-corrected chi connectivity index (χ4v) is 1.61. The first-order valence-electron chi connectivity index (χ1n) is 6.85. The molecule has 0 atom stereocenters.